The second-order valence-electron chi connectivity index (χ2n) is 4.06. The van der Waals surface area contributed by atoms with Crippen LogP contribution in [0.3, 0.4) is 0 Å². The minimum absolute atomic E-state index is 0.250. The molecule has 0 spiro atoms. The minimum atomic E-state index is -4.37. The molecule has 0 aliphatic rings. The number of halogens is 3. The number of benzene rings is 1. The molecule has 0 amide bonds. The van der Waals surface area contributed by atoms with Crippen LogP contribution in [0.5, 0.6) is 0 Å². The van der Waals surface area contributed by atoms with E-state index >= 15 is 0 Å². The van der Waals surface area contributed by atoms with Gasteiger partial charge in [0.1, 0.15) is 0 Å². The Morgan fingerprint density at radius 2 is 1.95 bits per heavy atom. The summed E-state index contributed by atoms with van der Waals surface area (Å²) in [6.45, 7) is 0. The molecule has 3 aromatic rings. The number of hydrogen-bond acceptors (Lipinski definition) is 3. The molecule has 1 N–H and O–H groups in total. The summed E-state index contributed by atoms with van der Waals surface area (Å²) >= 11 is 1.48. The summed E-state index contributed by atoms with van der Waals surface area (Å²) in [6, 6.07) is 8.70. The summed E-state index contributed by atoms with van der Waals surface area (Å²) < 4.78 is 38.0. The summed E-state index contributed by atoms with van der Waals surface area (Å²) in [5.74, 6) is 0.798. The van der Waals surface area contributed by atoms with Crippen molar-refractivity contribution >= 4 is 11.3 Å². The van der Waals surface area contributed by atoms with Crippen molar-refractivity contribution in [2.75, 3.05) is 0 Å². The number of aromatic nitrogens is 3. The van der Waals surface area contributed by atoms with E-state index < -0.39 is 11.7 Å². The number of rotatable bonds is 2. The van der Waals surface area contributed by atoms with Crippen molar-refractivity contribution in [1.29, 1.82) is 0 Å². The van der Waals surface area contributed by atoms with Gasteiger partial charge >= 0.3 is 6.18 Å². The van der Waals surface area contributed by atoms with Gasteiger partial charge in [0.15, 0.2) is 11.6 Å². The van der Waals surface area contributed by atoms with Crippen LogP contribution in [0.1, 0.15) is 5.56 Å². The monoisotopic (exact) mass is 295 g/mol. The highest BCUT2D eigenvalue weighted by molar-refractivity contribution is 7.13. The van der Waals surface area contributed by atoms with Crippen LogP contribution >= 0.6 is 11.3 Å². The van der Waals surface area contributed by atoms with Crippen LogP contribution in [0.15, 0.2) is 41.8 Å². The van der Waals surface area contributed by atoms with Crippen molar-refractivity contribution in [2.45, 2.75) is 6.18 Å². The molecule has 0 saturated carbocycles. The zero-order valence-corrected chi connectivity index (χ0v) is 10.8. The lowest BCUT2D eigenvalue weighted by Crippen LogP contribution is -2.04. The molecule has 1 aromatic carbocycles. The lowest BCUT2D eigenvalue weighted by molar-refractivity contribution is -0.137. The van der Waals surface area contributed by atoms with Crippen LogP contribution in [-0.2, 0) is 6.18 Å². The molecule has 20 heavy (non-hydrogen) atoms. The molecule has 0 fully saturated rings. The van der Waals surface area contributed by atoms with Crippen molar-refractivity contribution in [3.8, 4) is 22.1 Å². The van der Waals surface area contributed by atoms with E-state index in [2.05, 4.69) is 15.2 Å². The van der Waals surface area contributed by atoms with Gasteiger partial charge < -0.3 is 0 Å². The summed E-state index contributed by atoms with van der Waals surface area (Å²) in [7, 11) is 0. The third-order valence-corrected chi connectivity index (χ3v) is 3.56. The highest BCUT2D eigenvalue weighted by Gasteiger charge is 2.30. The Labute approximate surface area is 116 Å². The number of nitrogens with zero attached hydrogens (tertiary/aromatic N) is 2. The van der Waals surface area contributed by atoms with Gasteiger partial charge in [0.2, 0.25) is 0 Å². The van der Waals surface area contributed by atoms with Gasteiger partial charge in [-0.25, -0.2) is 4.98 Å². The molecule has 0 aliphatic heterocycles. The summed E-state index contributed by atoms with van der Waals surface area (Å²) in [5.41, 5.74) is -0.378. The van der Waals surface area contributed by atoms with E-state index in [1.54, 1.807) is 6.07 Å². The fourth-order valence-electron chi connectivity index (χ4n) is 1.75. The smallest absolute Gasteiger partial charge is 0.258 e. The average Bonchev–Trinajstić information content (AvgIpc) is 3.09. The molecule has 0 saturated heterocycles. The van der Waals surface area contributed by atoms with Crippen LogP contribution in [0, 0.1) is 0 Å². The van der Waals surface area contributed by atoms with Crippen LogP contribution in [0.4, 0.5) is 13.2 Å². The van der Waals surface area contributed by atoms with Gasteiger partial charge in [-0.1, -0.05) is 18.2 Å². The summed E-state index contributed by atoms with van der Waals surface area (Å²) in [6.07, 6.45) is -4.37. The van der Waals surface area contributed by atoms with Crippen LogP contribution in [0.2, 0.25) is 0 Å². The van der Waals surface area contributed by atoms with E-state index in [1.807, 2.05) is 17.5 Å². The molecular formula is C13H8F3N3S. The molecule has 102 valence electrons. The van der Waals surface area contributed by atoms with E-state index in [0.717, 1.165) is 17.0 Å². The van der Waals surface area contributed by atoms with Crippen LogP contribution in [-0.4, -0.2) is 15.2 Å². The third-order valence-electron chi connectivity index (χ3n) is 2.69. The van der Waals surface area contributed by atoms with Gasteiger partial charge in [-0.2, -0.15) is 18.3 Å². The van der Waals surface area contributed by atoms with Gasteiger partial charge in [-0.15, -0.1) is 11.3 Å². The maximum atomic E-state index is 12.7. The van der Waals surface area contributed by atoms with Crippen LogP contribution in [0.25, 0.3) is 22.1 Å². The molecule has 0 aliphatic carbocycles. The first kappa shape index (κ1) is 12.9. The molecule has 0 radical (unpaired) electrons. The summed E-state index contributed by atoms with van der Waals surface area (Å²) in [5, 5.41) is 8.59. The van der Waals surface area contributed by atoms with Crippen molar-refractivity contribution in [3.05, 3.63) is 47.3 Å². The number of H-pyrrole nitrogens is 1. The maximum Gasteiger partial charge on any atom is 0.416 e. The van der Waals surface area contributed by atoms with Gasteiger partial charge in [0.25, 0.3) is 0 Å². The van der Waals surface area contributed by atoms with Gasteiger partial charge in [-0.3, -0.25) is 5.10 Å². The fourth-order valence-corrected chi connectivity index (χ4v) is 2.41. The third kappa shape index (κ3) is 2.44. The predicted octanol–water partition coefficient (Wildman–Crippen LogP) is 4.22. The highest BCUT2D eigenvalue weighted by Crippen LogP contribution is 2.31. The quantitative estimate of drug-likeness (QED) is 0.769. The fraction of sp³-hybridized carbons (Fsp3) is 0.0769. The van der Waals surface area contributed by atoms with Gasteiger partial charge in [0, 0.05) is 5.56 Å². The molecule has 2 aromatic heterocycles. The lowest BCUT2D eigenvalue weighted by Gasteiger charge is -2.06. The molecule has 7 heteroatoms. The van der Waals surface area contributed by atoms with Crippen LogP contribution < -0.4 is 0 Å². The zero-order valence-electron chi connectivity index (χ0n) is 9.98. The Kier molecular flexibility index (Phi) is 3.06. The van der Waals surface area contributed by atoms with Gasteiger partial charge in [-0.05, 0) is 23.6 Å². The molecule has 3 nitrogen and oxygen atoms in total. The second kappa shape index (κ2) is 4.75. The minimum Gasteiger partial charge on any atom is -0.258 e. The zero-order chi connectivity index (χ0) is 14.2. The molecule has 2 heterocycles. The molecule has 0 bridgehead atoms. The lowest BCUT2D eigenvalue weighted by atomic mass is 10.1. The van der Waals surface area contributed by atoms with Crippen molar-refractivity contribution < 1.29 is 13.2 Å². The van der Waals surface area contributed by atoms with E-state index in [9.17, 15) is 13.2 Å². The van der Waals surface area contributed by atoms with Gasteiger partial charge in [0.05, 0.1) is 10.4 Å². The number of hydrogen-bond donors (Lipinski definition) is 1. The summed E-state index contributed by atoms with van der Waals surface area (Å²) in [4.78, 5) is 5.11. The standard InChI is InChI=1S/C13H8F3N3S/c14-13(15,16)9-4-1-3-8(7-9)11-17-12(19-18-11)10-5-2-6-20-10/h1-7H,(H,17,18,19). The van der Waals surface area contributed by atoms with Crippen molar-refractivity contribution in [1.82, 2.24) is 15.2 Å². The topological polar surface area (TPSA) is 41.6 Å². The van der Waals surface area contributed by atoms with Crippen molar-refractivity contribution in [2.24, 2.45) is 0 Å². The van der Waals surface area contributed by atoms with E-state index in [1.165, 1.54) is 17.4 Å². The molecular weight excluding hydrogens is 287 g/mol. The Balaban J connectivity index is 1.98. The highest BCUT2D eigenvalue weighted by atomic mass is 32.1. The Hall–Kier alpha value is -2.15. The SMILES string of the molecule is FC(F)(F)c1cccc(-c2n[nH]c(-c3cccs3)n2)c1. The number of alkyl halides is 3. The van der Waals surface area contributed by atoms with E-state index in [0.29, 0.717) is 11.4 Å². The average molecular weight is 295 g/mol. The Morgan fingerprint density at radius 1 is 1.10 bits per heavy atom. The first-order valence-corrected chi connectivity index (χ1v) is 6.56. The number of nitrogens with one attached hydrogen (secondary N) is 1. The maximum absolute atomic E-state index is 12.7. The Morgan fingerprint density at radius 3 is 2.65 bits per heavy atom. The largest absolute Gasteiger partial charge is 0.416 e. The number of thiophene rings is 1. The van der Waals surface area contributed by atoms with E-state index in [-0.39, 0.29) is 5.82 Å². The molecule has 3 rings (SSSR count). The molecule has 0 unspecified atom stereocenters. The predicted molar refractivity (Wildman–Crippen MR) is 70.1 cm³/mol. The second-order valence-corrected chi connectivity index (χ2v) is 5.01. The first-order valence-electron chi connectivity index (χ1n) is 5.68. The van der Waals surface area contributed by atoms with E-state index in [4.69, 9.17) is 0 Å². The first-order chi connectivity index (χ1) is 9.54. The van der Waals surface area contributed by atoms with Crippen molar-refractivity contribution in [3.63, 3.8) is 0 Å². The normalized spacial score (nSPS) is 11.8. The molecule has 0 atom stereocenters. The number of aromatic amines is 1. The Bertz CT molecular complexity index is 717.